The Morgan fingerprint density at radius 1 is 1.30 bits per heavy atom. The van der Waals surface area contributed by atoms with Crippen LogP contribution in [0, 0.1) is 0 Å². The number of nitrogens with zero attached hydrogens (tertiary/aromatic N) is 5. The Hall–Kier alpha value is -2.59. The average Bonchev–Trinajstić information content (AvgIpc) is 3.10. The van der Waals surface area contributed by atoms with Crippen LogP contribution in [0.1, 0.15) is 18.9 Å². The molecule has 0 aromatic carbocycles. The fraction of sp³-hybridized carbons (Fsp3) is 0.263. The van der Waals surface area contributed by atoms with E-state index in [1.54, 1.807) is 37.6 Å². The van der Waals surface area contributed by atoms with E-state index < -0.39 is 11.7 Å². The number of hydrogen-bond acceptors (Lipinski definition) is 5. The summed E-state index contributed by atoms with van der Waals surface area (Å²) in [5.74, 6) is 0.0578. The van der Waals surface area contributed by atoms with Crippen LogP contribution in [0.15, 0.2) is 54.1 Å². The van der Waals surface area contributed by atoms with E-state index in [9.17, 15) is 18.0 Å². The van der Waals surface area contributed by atoms with Gasteiger partial charge in [0, 0.05) is 31.1 Å². The van der Waals surface area contributed by atoms with Crippen molar-refractivity contribution >= 4 is 35.0 Å². The van der Waals surface area contributed by atoms with E-state index in [4.69, 9.17) is 11.6 Å². The molecule has 0 aliphatic carbocycles. The van der Waals surface area contributed by atoms with Gasteiger partial charge in [0.05, 0.1) is 28.7 Å². The lowest BCUT2D eigenvalue weighted by atomic mass is 10.3. The first-order valence-electron chi connectivity index (χ1n) is 8.91. The van der Waals surface area contributed by atoms with Crippen LogP contribution in [-0.4, -0.2) is 38.0 Å². The van der Waals surface area contributed by atoms with E-state index in [0.717, 1.165) is 30.1 Å². The summed E-state index contributed by atoms with van der Waals surface area (Å²) in [7, 11) is 0. The molecule has 3 aromatic rings. The van der Waals surface area contributed by atoms with Gasteiger partial charge in [-0.3, -0.25) is 9.78 Å². The maximum Gasteiger partial charge on any atom is 0.416 e. The van der Waals surface area contributed by atoms with Crippen molar-refractivity contribution in [3.8, 4) is 5.69 Å². The summed E-state index contributed by atoms with van der Waals surface area (Å²) < 4.78 is 39.9. The van der Waals surface area contributed by atoms with Crippen LogP contribution < -0.4 is 4.90 Å². The van der Waals surface area contributed by atoms with Gasteiger partial charge in [0.1, 0.15) is 5.69 Å². The highest BCUT2D eigenvalue weighted by molar-refractivity contribution is 7.99. The van der Waals surface area contributed by atoms with Crippen LogP contribution in [0.4, 0.5) is 18.9 Å². The molecule has 1 amide bonds. The third-order valence-corrected chi connectivity index (χ3v) is 5.29. The Bertz CT molecular complexity index is 1010. The molecule has 0 unspecified atom stereocenters. The van der Waals surface area contributed by atoms with Gasteiger partial charge in [-0.2, -0.15) is 18.3 Å². The van der Waals surface area contributed by atoms with Gasteiger partial charge in [-0.25, -0.2) is 9.67 Å². The zero-order valence-electron chi connectivity index (χ0n) is 15.8. The van der Waals surface area contributed by atoms with Gasteiger partial charge in [0.2, 0.25) is 5.91 Å². The molecule has 6 nitrogen and oxygen atoms in total. The van der Waals surface area contributed by atoms with E-state index in [-0.39, 0.29) is 28.3 Å². The minimum absolute atomic E-state index is 0.102. The standard InChI is InChI=1S/C19H17ClF3N5OS/c1-2-27(15-12-28(26-18(15)20)14-4-3-7-24-11-14)17(29)6-9-30-16-10-13(5-8-25-16)19(21,22)23/h3-5,7-8,10-12H,2,6,9H2,1H3. The fourth-order valence-electron chi connectivity index (χ4n) is 2.67. The first kappa shape index (κ1) is 22.1. The minimum Gasteiger partial charge on any atom is -0.308 e. The van der Waals surface area contributed by atoms with Crippen LogP contribution in [0.5, 0.6) is 0 Å². The number of thioether (sulfide) groups is 1. The van der Waals surface area contributed by atoms with Gasteiger partial charge < -0.3 is 4.90 Å². The Balaban J connectivity index is 1.65. The normalized spacial score (nSPS) is 11.5. The zero-order chi connectivity index (χ0) is 21.7. The van der Waals surface area contributed by atoms with Crippen molar-refractivity contribution in [1.29, 1.82) is 0 Å². The second-order valence-electron chi connectivity index (χ2n) is 6.08. The van der Waals surface area contributed by atoms with Gasteiger partial charge in [0.25, 0.3) is 0 Å². The van der Waals surface area contributed by atoms with Crippen LogP contribution in [0.3, 0.4) is 0 Å². The number of alkyl halides is 3. The summed E-state index contributed by atoms with van der Waals surface area (Å²) >= 11 is 7.32. The molecule has 0 saturated carbocycles. The SMILES string of the molecule is CCN(C(=O)CCSc1cc(C(F)(F)F)ccn1)c1cn(-c2cccnc2)nc1Cl. The summed E-state index contributed by atoms with van der Waals surface area (Å²) in [6.07, 6.45) is 1.67. The highest BCUT2D eigenvalue weighted by Crippen LogP contribution is 2.31. The van der Waals surface area contributed by atoms with Crippen molar-refractivity contribution in [1.82, 2.24) is 19.7 Å². The second kappa shape index (κ2) is 9.48. The maximum atomic E-state index is 12.8. The van der Waals surface area contributed by atoms with Crippen LogP contribution in [0.25, 0.3) is 5.69 Å². The molecule has 0 N–H and O–H groups in total. The number of hydrogen-bond donors (Lipinski definition) is 0. The maximum absolute atomic E-state index is 12.8. The van der Waals surface area contributed by atoms with Crippen LogP contribution in [-0.2, 0) is 11.0 Å². The van der Waals surface area contributed by atoms with E-state index in [1.165, 1.54) is 9.58 Å². The van der Waals surface area contributed by atoms with Crippen molar-refractivity contribution in [2.75, 3.05) is 17.2 Å². The summed E-state index contributed by atoms with van der Waals surface area (Å²) in [5, 5.41) is 4.60. The third-order valence-electron chi connectivity index (χ3n) is 4.10. The molecule has 0 saturated heterocycles. The first-order chi connectivity index (χ1) is 14.3. The van der Waals surface area contributed by atoms with Crippen molar-refractivity contribution in [2.24, 2.45) is 0 Å². The molecule has 0 fully saturated rings. The van der Waals surface area contributed by atoms with Gasteiger partial charge in [0.15, 0.2) is 5.15 Å². The molecular weight excluding hydrogens is 439 g/mol. The molecule has 3 rings (SSSR count). The summed E-state index contributed by atoms with van der Waals surface area (Å²) in [5.41, 5.74) is 0.381. The Morgan fingerprint density at radius 3 is 2.77 bits per heavy atom. The second-order valence-corrected chi connectivity index (χ2v) is 7.55. The minimum atomic E-state index is -4.43. The van der Waals surface area contributed by atoms with Gasteiger partial charge >= 0.3 is 6.18 Å². The Kier molecular flexibility index (Phi) is 6.99. The molecule has 0 radical (unpaired) electrons. The smallest absolute Gasteiger partial charge is 0.308 e. The summed E-state index contributed by atoms with van der Waals surface area (Å²) in [6, 6.07) is 5.45. The molecule has 158 valence electrons. The van der Waals surface area contributed by atoms with Crippen LogP contribution >= 0.6 is 23.4 Å². The fourth-order valence-corrected chi connectivity index (χ4v) is 3.73. The van der Waals surface area contributed by atoms with E-state index in [1.807, 2.05) is 0 Å². The lowest BCUT2D eigenvalue weighted by Crippen LogP contribution is -2.30. The molecular formula is C19H17ClF3N5OS. The topological polar surface area (TPSA) is 63.9 Å². The number of halogens is 4. The number of anilines is 1. The number of carbonyl (C=O) groups is 1. The largest absolute Gasteiger partial charge is 0.416 e. The highest BCUT2D eigenvalue weighted by Gasteiger charge is 2.30. The monoisotopic (exact) mass is 455 g/mol. The molecule has 30 heavy (non-hydrogen) atoms. The summed E-state index contributed by atoms with van der Waals surface area (Å²) in [4.78, 5) is 22.1. The molecule has 0 spiro atoms. The van der Waals surface area contributed by atoms with E-state index >= 15 is 0 Å². The van der Waals surface area contributed by atoms with E-state index in [0.29, 0.717) is 17.9 Å². The van der Waals surface area contributed by atoms with E-state index in [2.05, 4.69) is 15.1 Å². The predicted octanol–water partition coefficient (Wildman–Crippen LogP) is 4.87. The van der Waals surface area contributed by atoms with Gasteiger partial charge in [-0.1, -0.05) is 11.6 Å². The highest BCUT2D eigenvalue weighted by atomic mass is 35.5. The molecule has 0 atom stereocenters. The molecule has 3 heterocycles. The number of rotatable bonds is 7. The molecule has 0 aliphatic rings. The zero-order valence-corrected chi connectivity index (χ0v) is 17.4. The number of pyridine rings is 2. The molecule has 3 aromatic heterocycles. The van der Waals surface area contributed by atoms with Crippen LogP contribution in [0.2, 0.25) is 5.15 Å². The molecule has 11 heteroatoms. The van der Waals surface area contributed by atoms with Gasteiger partial charge in [-0.15, -0.1) is 11.8 Å². The predicted molar refractivity (Wildman–Crippen MR) is 109 cm³/mol. The van der Waals surface area contributed by atoms with Gasteiger partial charge in [-0.05, 0) is 31.2 Å². The van der Waals surface area contributed by atoms with Crippen molar-refractivity contribution < 1.29 is 18.0 Å². The van der Waals surface area contributed by atoms with Crippen molar-refractivity contribution in [2.45, 2.75) is 24.5 Å². The Morgan fingerprint density at radius 2 is 2.10 bits per heavy atom. The average molecular weight is 456 g/mol. The first-order valence-corrected chi connectivity index (χ1v) is 10.3. The summed E-state index contributed by atoms with van der Waals surface area (Å²) in [6.45, 7) is 2.17. The third kappa shape index (κ3) is 5.31. The number of carbonyl (C=O) groups excluding carboxylic acids is 1. The molecule has 0 aliphatic heterocycles. The number of amides is 1. The number of aromatic nitrogens is 4. The van der Waals surface area contributed by atoms with Crippen molar-refractivity contribution in [3.05, 3.63) is 59.8 Å². The Labute approximate surface area is 180 Å². The molecule has 0 bridgehead atoms. The van der Waals surface area contributed by atoms with Crippen molar-refractivity contribution in [3.63, 3.8) is 0 Å². The quantitative estimate of drug-likeness (QED) is 0.475. The lowest BCUT2D eigenvalue weighted by molar-refractivity contribution is -0.137. The lowest BCUT2D eigenvalue weighted by Gasteiger charge is -2.19.